The summed E-state index contributed by atoms with van der Waals surface area (Å²) in [5.74, 6) is -1.01. The van der Waals surface area contributed by atoms with Crippen LogP contribution < -0.4 is 14.4 Å². The molecule has 7 heteroatoms. The number of aryl methyl sites for hydroxylation is 2. The predicted octanol–water partition coefficient (Wildman–Crippen LogP) is 5.91. The van der Waals surface area contributed by atoms with Gasteiger partial charge in [0.25, 0.3) is 11.7 Å². The zero-order valence-electron chi connectivity index (χ0n) is 20.2. The Hall–Kier alpha value is -3.77. The van der Waals surface area contributed by atoms with Crippen molar-refractivity contribution in [3.63, 3.8) is 0 Å². The molecule has 35 heavy (non-hydrogen) atoms. The van der Waals surface area contributed by atoms with E-state index in [0.717, 1.165) is 16.7 Å². The van der Waals surface area contributed by atoms with E-state index in [0.29, 0.717) is 22.0 Å². The smallest absolute Gasteiger partial charge is 0.300 e. The molecule has 3 aromatic rings. The third kappa shape index (κ3) is 4.15. The van der Waals surface area contributed by atoms with E-state index >= 15 is 0 Å². The van der Waals surface area contributed by atoms with Crippen LogP contribution in [0.2, 0.25) is 5.02 Å². The van der Waals surface area contributed by atoms with Gasteiger partial charge in [0, 0.05) is 5.69 Å². The van der Waals surface area contributed by atoms with Gasteiger partial charge in [-0.15, -0.1) is 0 Å². The normalized spacial score (nSPS) is 17.1. The molecule has 1 aliphatic heterocycles. The number of ketones is 1. The highest BCUT2D eigenvalue weighted by molar-refractivity contribution is 6.52. The van der Waals surface area contributed by atoms with Crippen LogP contribution in [0.3, 0.4) is 0 Å². The number of anilines is 1. The Morgan fingerprint density at radius 1 is 0.971 bits per heavy atom. The number of aliphatic hydroxyl groups is 1. The van der Waals surface area contributed by atoms with Crippen molar-refractivity contribution in [2.24, 2.45) is 0 Å². The number of halogens is 1. The molecule has 180 valence electrons. The number of carbonyl (C=O) groups is 2. The lowest BCUT2D eigenvalue weighted by Crippen LogP contribution is -2.30. The average Bonchev–Trinajstić information content (AvgIpc) is 3.10. The number of aliphatic hydroxyl groups excluding tert-OH is 1. The average molecular weight is 492 g/mol. The summed E-state index contributed by atoms with van der Waals surface area (Å²) in [6.07, 6.45) is 0. The molecular weight excluding hydrogens is 466 g/mol. The molecule has 1 heterocycles. The maximum Gasteiger partial charge on any atom is 0.300 e. The first kappa shape index (κ1) is 24.4. The SMILES string of the molecule is COc1ccc(C2/C(=C(\O)c3cc(C)cc(Cl)c3OC)C(=O)C(=O)N2c2cccc(C)c2C)cc1. The van der Waals surface area contributed by atoms with Crippen molar-refractivity contribution in [2.45, 2.75) is 26.8 Å². The molecule has 4 rings (SSSR count). The highest BCUT2D eigenvalue weighted by Gasteiger charge is 2.47. The van der Waals surface area contributed by atoms with Crippen molar-refractivity contribution in [1.82, 2.24) is 0 Å². The van der Waals surface area contributed by atoms with Crippen LogP contribution in [0.4, 0.5) is 5.69 Å². The summed E-state index contributed by atoms with van der Waals surface area (Å²) in [5, 5.41) is 11.8. The molecule has 1 saturated heterocycles. The fourth-order valence-electron chi connectivity index (χ4n) is 4.44. The number of methoxy groups -OCH3 is 2. The van der Waals surface area contributed by atoms with E-state index in [9.17, 15) is 14.7 Å². The summed E-state index contributed by atoms with van der Waals surface area (Å²) in [5.41, 5.74) is 4.05. The molecule has 1 unspecified atom stereocenters. The summed E-state index contributed by atoms with van der Waals surface area (Å²) in [7, 11) is 2.99. The van der Waals surface area contributed by atoms with Gasteiger partial charge in [0.05, 0.1) is 36.4 Å². The number of hydrogen-bond acceptors (Lipinski definition) is 5. The Morgan fingerprint density at radius 2 is 1.66 bits per heavy atom. The lowest BCUT2D eigenvalue weighted by atomic mass is 9.94. The molecule has 1 atom stereocenters. The van der Waals surface area contributed by atoms with Crippen LogP contribution in [-0.2, 0) is 9.59 Å². The zero-order valence-corrected chi connectivity index (χ0v) is 20.9. The zero-order chi connectivity index (χ0) is 25.4. The second-order valence-corrected chi connectivity index (χ2v) is 8.90. The van der Waals surface area contributed by atoms with Crippen LogP contribution in [0.1, 0.15) is 33.9 Å². The number of nitrogens with zero attached hydrogens (tertiary/aromatic N) is 1. The largest absolute Gasteiger partial charge is 0.507 e. The molecular formula is C28H26ClNO5. The molecule has 0 aromatic heterocycles. The quantitative estimate of drug-likeness (QED) is 0.273. The molecule has 3 aromatic carbocycles. The van der Waals surface area contributed by atoms with Gasteiger partial charge < -0.3 is 14.6 Å². The van der Waals surface area contributed by atoms with E-state index in [-0.39, 0.29) is 22.6 Å². The first-order chi connectivity index (χ1) is 16.7. The number of rotatable bonds is 5. The summed E-state index contributed by atoms with van der Waals surface area (Å²) in [6.45, 7) is 5.66. The van der Waals surface area contributed by atoms with E-state index < -0.39 is 17.7 Å². The van der Waals surface area contributed by atoms with Gasteiger partial charge in [-0.1, -0.05) is 35.9 Å². The number of hydrogen-bond donors (Lipinski definition) is 1. The Kier molecular flexibility index (Phi) is 6.59. The molecule has 0 aliphatic carbocycles. The standard InChI is InChI=1S/C28H26ClNO5/c1-15-13-20(27(35-5)21(29)14-15)25(31)23-24(18-9-11-19(34-4)12-10-18)30(28(33)26(23)32)22-8-6-7-16(2)17(22)3/h6-14,24,31H,1-5H3/b25-23+. The molecule has 0 radical (unpaired) electrons. The van der Waals surface area contributed by atoms with Crippen molar-refractivity contribution in [3.8, 4) is 11.5 Å². The van der Waals surface area contributed by atoms with Gasteiger partial charge >= 0.3 is 0 Å². The Labute approximate surface area is 209 Å². The van der Waals surface area contributed by atoms with Gasteiger partial charge in [0.15, 0.2) is 0 Å². The second kappa shape index (κ2) is 9.47. The maximum absolute atomic E-state index is 13.5. The Bertz CT molecular complexity index is 1360. The van der Waals surface area contributed by atoms with E-state index in [1.165, 1.54) is 12.0 Å². The first-order valence-electron chi connectivity index (χ1n) is 11.0. The minimum atomic E-state index is -0.870. The van der Waals surface area contributed by atoms with E-state index in [2.05, 4.69) is 0 Å². The summed E-state index contributed by atoms with van der Waals surface area (Å²) in [6, 6.07) is 15.2. The van der Waals surface area contributed by atoms with Crippen molar-refractivity contribution in [1.29, 1.82) is 0 Å². The van der Waals surface area contributed by atoms with Crippen LogP contribution in [-0.4, -0.2) is 31.0 Å². The van der Waals surface area contributed by atoms with Gasteiger partial charge in [-0.3, -0.25) is 14.5 Å². The molecule has 1 amide bonds. The number of benzene rings is 3. The van der Waals surface area contributed by atoms with E-state index in [1.54, 1.807) is 49.6 Å². The van der Waals surface area contributed by atoms with Crippen molar-refractivity contribution >= 4 is 34.7 Å². The van der Waals surface area contributed by atoms with Gasteiger partial charge in [-0.25, -0.2) is 0 Å². The molecule has 0 saturated carbocycles. The van der Waals surface area contributed by atoms with Crippen molar-refractivity contribution in [2.75, 3.05) is 19.1 Å². The molecule has 1 fully saturated rings. The molecule has 1 aliphatic rings. The summed E-state index contributed by atoms with van der Waals surface area (Å²) >= 11 is 6.37. The summed E-state index contributed by atoms with van der Waals surface area (Å²) < 4.78 is 10.7. The molecule has 1 N–H and O–H groups in total. The fraction of sp³-hybridized carbons (Fsp3) is 0.214. The minimum Gasteiger partial charge on any atom is -0.507 e. The number of carbonyl (C=O) groups excluding carboxylic acids is 2. The van der Waals surface area contributed by atoms with Crippen molar-refractivity contribution in [3.05, 3.63) is 93.0 Å². The van der Waals surface area contributed by atoms with Crippen molar-refractivity contribution < 1.29 is 24.2 Å². The monoisotopic (exact) mass is 491 g/mol. The van der Waals surface area contributed by atoms with E-state index in [4.69, 9.17) is 21.1 Å². The predicted molar refractivity (Wildman–Crippen MR) is 136 cm³/mol. The van der Waals surface area contributed by atoms with Crippen LogP contribution in [0, 0.1) is 20.8 Å². The van der Waals surface area contributed by atoms with Gasteiger partial charge in [-0.2, -0.15) is 0 Å². The fourth-order valence-corrected chi connectivity index (χ4v) is 4.79. The van der Waals surface area contributed by atoms with Crippen LogP contribution in [0.25, 0.3) is 5.76 Å². The van der Waals surface area contributed by atoms with Gasteiger partial charge in [-0.05, 0) is 73.4 Å². The minimum absolute atomic E-state index is 0.0407. The first-order valence-corrected chi connectivity index (χ1v) is 11.4. The second-order valence-electron chi connectivity index (χ2n) is 8.49. The van der Waals surface area contributed by atoms with Crippen LogP contribution in [0.15, 0.2) is 60.2 Å². The van der Waals surface area contributed by atoms with Crippen LogP contribution in [0.5, 0.6) is 11.5 Å². The topological polar surface area (TPSA) is 76.1 Å². The molecule has 0 spiro atoms. The lowest BCUT2D eigenvalue weighted by Gasteiger charge is -2.27. The number of amides is 1. The lowest BCUT2D eigenvalue weighted by molar-refractivity contribution is -0.132. The highest BCUT2D eigenvalue weighted by Crippen LogP contribution is 2.45. The Morgan fingerprint density at radius 3 is 2.29 bits per heavy atom. The molecule has 0 bridgehead atoms. The van der Waals surface area contributed by atoms with Crippen LogP contribution >= 0.6 is 11.6 Å². The molecule has 6 nitrogen and oxygen atoms in total. The summed E-state index contributed by atoms with van der Waals surface area (Å²) in [4.78, 5) is 28.4. The van der Waals surface area contributed by atoms with E-state index in [1.807, 2.05) is 32.9 Å². The third-order valence-electron chi connectivity index (χ3n) is 6.36. The number of Topliss-reactive ketones (excluding diaryl/α,β-unsaturated/α-hetero) is 1. The maximum atomic E-state index is 13.5. The van der Waals surface area contributed by atoms with Gasteiger partial charge in [0.1, 0.15) is 17.3 Å². The highest BCUT2D eigenvalue weighted by atomic mass is 35.5. The van der Waals surface area contributed by atoms with Gasteiger partial charge in [0.2, 0.25) is 0 Å². The third-order valence-corrected chi connectivity index (χ3v) is 6.64. The number of ether oxygens (including phenoxy) is 2. The Balaban J connectivity index is 2.03.